The summed E-state index contributed by atoms with van der Waals surface area (Å²) in [4.78, 5) is 16.1. The third-order valence-electron chi connectivity index (χ3n) is 14.2. The van der Waals surface area contributed by atoms with Crippen LogP contribution in [0.25, 0.3) is 127 Å². The van der Waals surface area contributed by atoms with Crippen molar-refractivity contribution in [1.29, 1.82) is 0 Å². The van der Waals surface area contributed by atoms with E-state index in [9.17, 15) is 0 Å². The van der Waals surface area contributed by atoms with Crippen molar-refractivity contribution in [3.63, 3.8) is 0 Å². The zero-order valence-electron chi connectivity index (χ0n) is 38.3. The fraction of sp³-hybridized carbons (Fsp3) is 0.0469. The minimum absolute atomic E-state index is 0.630. The van der Waals surface area contributed by atoms with Gasteiger partial charge in [-0.15, -0.1) is 11.3 Å². The average Bonchev–Trinajstić information content (AvgIpc) is 4.08. The van der Waals surface area contributed by atoms with E-state index in [0.29, 0.717) is 17.5 Å². The van der Waals surface area contributed by atoms with Gasteiger partial charge < -0.3 is 9.13 Å². The summed E-state index contributed by atoms with van der Waals surface area (Å²) in [5, 5.41) is 6.20. The van der Waals surface area contributed by atoms with E-state index in [2.05, 4.69) is 234 Å². The van der Waals surface area contributed by atoms with Crippen LogP contribution in [0, 0.1) is 6.92 Å². The van der Waals surface area contributed by atoms with Gasteiger partial charge in [-0.2, -0.15) is 0 Å². The molecule has 0 unspecified atom stereocenters. The summed E-state index contributed by atoms with van der Waals surface area (Å²) < 4.78 is 7.33. The molecule has 5 nitrogen and oxygen atoms in total. The van der Waals surface area contributed by atoms with Crippen LogP contribution in [0.3, 0.4) is 0 Å². The molecule has 0 N–H and O–H groups in total. The molecule has 0 aliphatic heterocycles. The van der Waals surface area contributed by atoms with Gasteiger partial charge in [0.2, 0.25) is 0 Å². The van der Waals surface area contributed by atoms with Crippen LogP contribution in [0.5, 0.6) is 0 Å². The molecule has 0 saturated heterocycles. The lowest BCUT2D eigenvalue weighted by molar-refractivity contribution is 0.888. The number of hydrogen-bond acceptors (Lipinski definition) is 4. The topological polar surface area (TPSA) is 48.5 Å². The van der Waals surface area contributed by atoms with Crippen LogP contribution in [-0.2, 0) is 6.42 Å². The second-order valence-electron chi connectivity index (χ2n) is 18.3. The van der Waals surface area contributed by atoms with Crippen LogP contribution in [0.4, 0.5) is 0 Å². The van der Waals surface area contributed by atoms with Crippen molar-refractivity contribution in [3.05, 3.63) is 229 Å². The highest BCUT2D eigenvalue weighted by molar-refractivity contribution is 7.25. The standard InChI is InChI=1S/C64H43N5S/c1-40-48(25-15-28-55(40)69-57-27-12-9-23-50(57)54-38-44(32-35-59(54)69)42-18-6-3-7-19-42)64-66-62(65-63(67-64)46-30-33-52-51-24-10-13-29-60(51)70-61(52)39-46)45-20-14-21-47(36-45)68-56-26-11-8-22-49(56)53-37-43(31-34-58(53)68)41-16-4-2-5-17-41/h2-10,12-25,27-39H,11,26H2,1H3. The number of aromatic nitrogens is 5. The molecule has 70 heavy (non-hydrogen) atoms. The highest BCUT2D eigenvalue weighted by Crippen LogP contribution is 2.41. The van der Waals surface area contributed by atoms with Crippen molar-refractivity contribution in [3.8, 4) is 67.8 Å². The lowest BCUT2D eigenvalue weighted by atomic mass is 9.99. The summed E-state index contributed by atoms with van der Waals surface area (Å²) in [5.41, 5.74) is 17.0. The Labute approximate surface area is 409 Å². The number of fused-ring (bicyclic) bond motifs is 9. The molecule has 0 fully saturated rings. The molecular weight excluding hydrogens is 871 g/mol. The molecule has 0 saturated carbocycles. The summed E-state index contributed by atoms with van der Waals surface area (Å²) in [5.74, 6) is 1.91. The normalized spacial score (nSPS) is 12.5. The molecule has 1 aliphatic carbocycles. The number of rotatable bonds is 7. The lowest BCUT2D eigenvalue weighted by Gasteiger charge is -2.16. The van der Waals surface area contributed by atoms with Gasteiger partial charge >= 0.3 is 0 Å². The summed E-state index contributed by atoms with van der Waals surface area (Å²) in [6, 6.07) is 74.3. The van der Waals surface area contributed by atoms with Crippen LogP contribution >= 0.6 is 11.3 Å². The van der Waals surface area contributed by atoms with Gasteiger partial charge in [0, 0.05) is 75.7 Å². The Balaban J connectivity index is 0.945. The maximum absolute atomic E-state index is 5.42. The van der Waals surface area contributed by atoms with Gasteiger partial charge in [0.1, 0.15) is 0 Å². The van der Waals surface area contributed by atoms with E-state index in [1.54, 1.807) is 11.3 Å². The minimum atomic E-state index is 0.630. The molecular formula is C64H43N5S. The summed E-state index contributed by atoms with van der Waals surface area (Å²) in [6.07, 6.45) is 6.58. The number of nitrogens with zero attached hydrogens (tertiary/aromatic N) is 5. The molecule has 13 aromatic rings. The van der Waals surface area contributed by atoms with Crippen molar-refractivity contribution < 1.29 is 0 Å². The SMILES string of the molecule is Cc1c(-c2nc(-c3cccc(-n4c5c(c6cc(-c7ccccc7)ccc64)C=CCC5)c3)nc(-c3ccc4c(c3)sc3ccccc34)n2)cccc1-n1c2ccccc2c2cc(-c3ccccc3)ccc21. The zero-order chi connectivity index (χ0) is 46.3. The minimum Gasteiger partial charge on any atom is -0.313 e. The van der Waals surface area contributed by atoms with E-state index in [1.807, 2.05) is 0 Å². The molecule has 0 spiro atoms. The second-order valence-corrected chi connectivity index (χ2v) is 19.4. The molecule has 9 aromatic carbocycles. The van der Waals surface area contributed by atoms with Gasteiger partial charge in [-0.25, -0.2) is 15.0 Å². The lowest BCUT2D eigenvalue weighted by Crippen LogP contribution is -2.05. The monoisotopic (exact) mass is 913 g/mol. The number of hydrogen-bond donors (Lipinski definition) is 0. The van der Waals surface area contributed by atoms with E-state index in [4.69, 9.17) is 15.0 Å². The van der Waals surface area contributed by atoms with Crippen molar-refractivity contribution >= 4 is 70.3 Å². The Hall–Kier alpha value is -8.71. The summed E-state index contributed by atoms with van der Waals surface area (Å²) in [7, 11) is 0. The fourth-order valence-corrected chi connectivity index (χ4v) is 12.0. The predicted molar refractivity (Wildman–Crippen MR) is 293 cm³/mol. The molecule has 0 atom stereocenters. The molecule has 4 heterocycles. The average molecular weight is 914 g/mol. The third-order valence-corrected chi connectivity index (χ3v) is 15.4. The number of thiophene rings is 1. The first-order chi connectivity index (χ1) is 34.6. The van der Waals surface area contributed by atoms with Crippen molar-refractivity contribution in [2.24, 2.45) is 0 Å². The van der Waals surface area contributed by atoms with Gasteiger partial charge in [0.15, 0.2) is 17.5 Å². The first-order valence-electron chi connectivity index (χ1n) is 24.0. The van der Waals surface area contributed by atoms with Gasteiger partial charge in [-0.3, -0.25) is 0 Å². The smallest absolute Gasteiger partial charge is 0.164 e. The van der Waals surface area contributed by atoms with Crippen LogP contribution in [-0.4, -0.2) is 24.1 Å². The van der Waals surface area contributed by atoms with Gasteiger partial charge in [0.25, 0.3) is 0 Å². The van der Waals surface area contributed by atoms with Gasteiger partial charge in [0.05, 0.1) is 16.6 Å². The van der Waals surface area contributed by atoms with E-state index in [-0.39, 0.29) is 0 Å². The fourth-order valence-electron chi connectivity index (χ4n) is 10.9. The van der Waals surface area contributed by atoms with Gasteiger partial charge in [-0.05, 0) is 108 Å². The highest BCUT2D eigenvalue weighted by atomic mass is 32.1. The van der Waals surface area contributed by atoms with Crippen molar-refractivity contribution in [2.45, 2.75) is 19.8 Å². The molecule has 0 bridgehead atoms. The molecule has 0 radical (unpaired) electrons. The molecule has 4 aromatic heterocycles. The molecule has 330 valence electrons. The van der Waals surface area contributed by atoms with Crippen LogP contribution in [0.2, 0.25) is 0 Å². The first-order valence-corrected chi connectivity index (χ1v) is 24.8. The first kappa shape index (κ1) is 40.4. The Kier molecular flexibility index (Phi) is 9.36. The third kappa shape index (κ3) is 6.56. The maximum Gasteiger partial charge on any atom is 0.164 e. The number of para-hydroxylation sites is 1. The Morgan fingerprint density at radius 3 is 1.80 bits per heavy atom. The van der Waals surface area contributed by atoms with Crippen LogP contribution in [0.15, 0.2) is 212 Å². The number of benzene rings is 9. The quantitative estimate of drug-likeness (QED) is 0.160. The second kappa shape index (κ2) is 16.2. The molecule has 0 amide bonds. The highest BCUT2D eigenvalue weighted by Gasteiger charge is 2.23. The molecule has 6 heteroatoms. The predicted octanol–water partition coefficient (Wildman–Crippen LogP) is 16.9. The van der Waals surface area contributed by atoms with E-state index in [1.165, 1.54) is 75.4 Å². The Morgan fingerprint density at radius 2 is 1.01 bits per heavy atom. The van der Waals surface area contributed by atoms with E-state index >= 15 is 0 Å². The van der Waals surface area contributed by atoms with Crippen LogP contribution in [0.1, 0.15) is 23.2 Å². The maximum atomic E-state index is 5.42. The summed E-state index contributed by atoms with van der Waals surface area (Å²) >= 11 is 1.81. The largest absolute Gasteiger partial charge is 0.313 e. The number of allylic oxidation sites excluding steroid dienone is 1. The van der Waals surface area contributed by atoms with E-state index < -0.39 is 0 Å². The zero-order valence-corrected chi connectivity index (χ0v) is 39.2. The van der Waals surface area contributed by atoms with Crippen molar-refractivity contribution in [2.75, 3.05) is 0 Å². The Morgan fingerprint density at radius 1 is 0.414 bits per heavy atom. The van der Waals surface area contributed by atoms with E-state index in [0.717, 1.165) is 57.5 Å². The Bertz CT molecular complexity index is 4250. The molecule has 14 rings (SSSR count). The van der Waals surface area contributed by atoms with Crippen molar-refractivity contribution in [1.82, 2.24) is 24.1 Å². The summed E-state index contributed by atoms with van der Waals surface area (Å²) in [6.45, 7) is 2.20. The molecule has 1 aliphatic rings. The van der Waals surface area contributed by atoms with Gasteiger partial charge in [-0.1, -0.05) is 158 Å². The van der Waals surface area contributed by atoms with Crippen LogP contribution < -0.4 is 0 Å².